The number of fused-ring (bicyclic) bond motifs is 1. The number of aromatic nitrogens is 2. The largest absolute Gasteiger partial charge is 0.461 e. The van der Waals surface area contributed by atoms with Gasteiger partial charge in [-0.25, -0.2) is 18.4 Å². The first-order chi connectivity index (χ1) is 11.8. The maximum atomic E-state index is 11.5. The van der Waals surface area contributed by atoms with E-state index in [-0.39, 0.29) is 17.7 Å². The fourth-order valence-electron chi connectivity index (χ4n) is 2.65. The minimum Gasteiger partial charge on any atom is -0.461 e. The predicted octanol–water partition coefficient (Wildman–Crippen LogP) is 1.09. The molecule has 8 nitrogen and oxygen atoms in total. The first-order valence-corrected chi connectivity index (χ1v) is 9.68. The van der Waals surface area contributed by atoms with Crippen LogP contribution in [-0.2, 0) is 45.5 Å². The molecule has 0 bridgehead atoms. The van der Waals surface area contributed by atoms with E-state index in [4.69, 9.17) is 9.15 Å². The van der Waals surface area contributed by atoms with Crippen LogP contribution in [0.4, 0.5) is 0 Å². The van der Waals surface area contributed by atoms with Gasteiger partial charge in [-0.2, -0.15) is 0 Å². The maximum absolute atomic E-state index is 11.5. The van der Waals surface area contributed by atoms with Gasteiger partial charge in [0.25, 0.3) is 0 Å². The molecular weight excluding hydrogens is 346 g/mol. The molecule has 0 saturated carbocycles. The van der Waals surface area contributed by atoms with E-state index in [1.54, 1.807) is 12.3 Å². The summed E-state index contributed by atoms with van der Waals surface area (Å²) in [4.78, 5) is 21.1. The molecule has 0 aromatic carbocycles. The molecule has 25 heavy (non-hydrogen) atoms. The molecule has 1 aliphatic rings. The van der Waals surface area contributed by atoms with Crippen molar-refractivity contribution in [2.45, 2.75) is 38.2 Å². The zero-order valence-electron chi connectivity index (χ0n) is 14.1. The van der Waals surface area contributed by atoms with Gasteiger partial charge in [0.15, 0.2) is 0 Å². The number of hydrogen-bond donors (Lipinski definition) is 0. The molecule has 0 N–H and O–H groups in total. The first-order valence-electron chi connectivity index (χ1n) is 7.79. The first kappa shape index (κ1) is 17.6. The average molecular weight is 365 g/mol. The van der Waals surface area contributed by atoms with E-state index >= 15 is 0 Å². The highest BCUT2D eigenvalue weighted by atomic mass is 32.2. The molecule has 0 fully saturated rings. The second-order valence-electron chi connectivity index (χ2n) is 6.01. The van der Waals surface area contributed by atoms with Crippen LogP contribution in [-0.4, -0.2) is 42.1 Å². The highest BCUT2D eigenvalue weighted by Gasteiger charge is 2.21. The summed E-state index contributed by atoms with van der Waals surface area (Å²) in [6.45, 7) is 3.45. The van der Waals surface area contributed by atoms with E-state index in [2.05, 4.69) is 14.9 Å². The molecule has 2 aromatic rings. The molecule has 0 aliphatic carbocycles. The lowest BCUT2D eigenvalue weighted by Gasteiger charge is -2.27. The van der Waals surface area contributed by atoms with Crippen LogP contribution in [0.2, 0.25) is 0 Å². The number of hydrogen-bond acceptors (Lipinski definition) is 8. The Morgan fingerprint density at radius 3 is 2.84 bits per heavy atom. The van der Waals surface area contributed by atoms with Crippen LogP contribution < -0.4 is 0 Å². The third-order valence-corrected chi connectivity index (χ3v) is 4.70. The summed E-state index contributed by atoms with van der Waals surface area (Å²) in [5, 5.41) is -0.124. The number of carbonyl (C=O) groups excluding carboxylic acids is 1. The minimum absolute atomic E-state index is 0.124. The van der Waals surface area contributed by atoms with Gasteiger partial charge >= 0.3 is 5.97 Å². The van der Waals surface area contributed by atoms with E-state index in [1.165, 1.54) is 6.92 Å². The van der Waals surface area contributed by atoms with E-state index in [1.807, 2.05) is 6.07 Å². The topological polar surface area (TPSA) is 103 Å². The molecule has 3 heterocycles. The number of rotatable bonds is 5. The summed E-state index contributed by atoms with van der Waals surface area (Å²) in [6, 6.07) is 3.65. The molecule has 0 atom stereocenters. The van der Waals surface area contributed by atoms with Gasteiger partial charge < -0.3 is 9.15 Å². The maximum Gasteiger partial charge on any atom is 0.303 e. The molecule has 0 saturated heterocycles. The van der Waals surface area contributed by atoms with Gasteiger partial charge in [-0.3, -0.25) is 9.69 Å². The summed E-state index contributed by atoms with van der Waals surface area (Å²) in [5.74, 6) is 1.03. The number of sulfone groups is 1. The molecule has 0 unspecified atom stereocenters. The molecular formula is C16H19N3O5S. The SMILES string of the molecule is CC(=O)OCc1ccc(CN2CCc3nc(S(C)(=O)=O)ncc3C2)o1. The molecule has 1 aliphatic heterocycles. The van der Waals surface area contributed by atoms with Crippen molar-refractivity contribution < 1.29 is 22.4 Å². The monoisotopic (exact) mass is 365 g/mol. The smallest absolute Gasteiger partial charge is 0.303 e. The second kappa shape index (κ2) is 6.93. The van der Waals surface area contributed by atoms with Crippen molar-refractivity contribution in [1.29, 1.82) is 0 Å². The number of esters is 1. The standard InChI is InChI=1S/C16H19N3O5S/c1-11(20)23-10-14-4-3-13(24-14)9-19-6-5-15-12(8-19)7-17-16(18-15)25(2,21)22/h3-4,7H,5-6,8-10H2,1-2H3. The van der Waals surface area contributed by atoms with Gasteiger partial charge in [-0.15, -0.1) is 0 Å². The van der Waals surface area contributed by atoms with E-state index in [9.17, 15) is 13.2 Å². The number of carbonyl (C=O) groups is 1. The molecule has 0 spiro atoms. The Labute approximate surface area is 145 Å². The van der Waals surface area contributed by atoms with E-state index < -0.39 is 9.84 Å². The molecule has 0 radical (unpaired) electrons. The number of nitrogens with zero attached hydrogens (tertiary/aromatic N) is 3. The van der Waals surface area contributed by atoms with Crippen LogP contribution in [0.1, 0.15) is 29.7 Å². The third kappa shape index (κ3) is 4.43. The van der Waals surface area contributed by atoms with Gasteiger partial charge in [-0.1, -0.05) is 0 Å². The van der Waals surface area contributed by atoms with Crippen molar-refractivity contribution in [1.82, 2.24) is 14.9 Å². The summed E-state index contributed by atoms with van der Waals surface area (Å²) in [7, 11) is -3.39. The van der Waals surface area contributed by atoms with Crippen LogP contribution in [0.25, 0.3) is 0 Å². The fourth-order valence-corrected chi connectivity index (χ4v) is 3.17. The van der Waals surface area contributed by atoms with Gasteiger partial charge in [0.1, 0.15) is 18.1 Å². The van der Waals surface area contributed by atoms with E-state index in [0.29, 0.717) is 25.3 Å². The van der Waals surface area contributed by atoms with Gasteiger partial charge in [-0.05, 0) is 12.1 Å². The van der Waals surface area contributed by atoms with E-state index in [0.717, 1.165) is 29.8 Å². The van der Waals surface area contributed by atoms with Crippen molar-refractivity contribution >= 4 is 15.8 Å². The molecule has 3 rings (SSSR count). The van der Waals surface area contributed by atoms with Crippen LogP contribution in [0, 0.1) is 0 Å². The Morgan fingerprint density at radius 1 is 1.36 bits per heavy atom. The highest BCUT2D eigenvalue weighted by molar-refractivity contribution is 7.90. The van der Waals surface area contributed by atoms with Crippen LogP contribution in [0.5, 0.6) is 0 Å². The highest BCUT2D eigenvalue weighted by Crippen LogP contribution is 2.20. The van der Waals surface area contributed by atoms with Crippen molar-refractivity contribution in [2.75, 3.05) is 12.8 Å². The lowest BCUT2D eigenvalue weighted by atomic mass is 10.1. The van der Waals surface area contributed by atoms with Gasteiger partial charge in [0.05, 0.1) is 12.2 Å². The zero-order chi connectivity index (χ0) is 18.0. The second-order valence-corrected chi connectivity index (χ2v) is 7.92. The van der Waals surface area contributed by atoms with Crippen LogP contribution in [0.3, 0.4) is 0 Å². The van der Waals surface area contributed by atoms with Gasteiger partial charge in [0.2, 0.25) is 15.0 Å². The summed E-state index contributed by atoms with van der Waals surface area (Å²) in [6.07, 6.45) is 3.34. The Kier molecular flexibility index (Phi) is 4.87. The number of ether oxygens (including phenoxy) is 1. The van der Waals surface area contributed by atoms with Gasteiger partial charge in [0, 0.05) is 44.5 Å². The minimum atomic E-state index is -3.39. The summed E-state index contributed by atoms with van der Waals surface area (Å²) < 4.78 is 33.6. The quantitative estimate of drug-likeness (QED) is 0.573. The average Bonchev–Trinajstić information content (AvgIpc) is 2.99. The lowest BCUT2D eigenvalue weighted by Crippen LogP contribution is -2.31. The van der Waals surface area contributed by atoms with Crippen molar-refractivity contribution in [2.24, 2.45) is 0 Å². The third-order valence-electron chi connectivity index (χ3n) is 3.84. The zero-order valence-corrected chi connectivity index (χ0v) is 14.9. The predicted molar refractivity (Wildman–Crippen MR) is 87.1 cm³/mol. The van der Waals surface area contributed by atoms with Crippen LogP contribution in [0.15, 0.2) is 27.9 Å². The van der Waals surface area contributed by atoms with Crippen molar-refractivity contribution in [3.8, 4) is 0 Å². The van der Waals surface area contributed by atoms with Crippen molar-refractivity contribution in [3.05, 3.63) is 41.1 Å². The summed E-state index contributed by atoms with van der Waals surface area (Å²) >= 11 is 0. The summed E-state index contributed by atoms with van der Waals surface area (Å²) in [5.41, 5.74) is 1.70. The molecule has 0 amide bonds. The molecule has 2 aromatic heterocycles. The molecule has 134 valence electrons. The fraction of sp³-hybridized carbons (Fsp3) is 0.438. The normalized spacial score (nSPS) is 15.0. The Balaban J connectivity index is 1.64. The Hall–Kier alpha value is -2.26. The molecule has 9 heteroatoms. The van der Waals surface area contributed by atoms with Crippen LogP contribution >= 0.6 is 0 Å². The lowest BCUT2D eigenvalue weighted by molar-refractivity contribution is -0.142. The Morgan fingerprint density at radius 2 is 2.12 bits per heavy atom. The number of furan rings is 1. The van der Waals surface area contributed by atoms with Crippen molar-refractivity contribution in [3.63, 3.8) is 0 Å². The Bertz CT molecular complexity index is 891.